The molecule has 3 nitrogen and oxygen atoms in total. The fraction of sp³-hybridized carbons (Fsp3) is 0.500. The van der Waals surface area contributed by atoms with E-state index in [0.717, 1.165) is 17.2 Å². The van der Waals surface area contributed by atoms with Crippen molar-refractivity contribution < 1.29 is 5.11 Å². The Labute approximate surface area is 76.2 Å². The van der Waals surface area contributed by atoms with Crippen LogP contribution in [0.4, 0.5) is 0 Å². The molecule has 1 rings (SSSR count). The van der Waals surface area contributed by atoms with Crippen LogP contribution in [-0.2, 0) is 0 Å². The van der Waals surface area contributed by atoms with Crippen LogP contribution in [0.25, 0.3) is 0 Å². The maximum Gasteiger partial charge on any atom is 0.114 e. The Kier molecular flexibility index (Phi) is 4.04. The van der Waals surface area contributed by atoms with Gasteiger partial charge in [-0.15, -0.1) is 11.8 Å². The lowest BCUT2D eigenvalue weighted by Gasteiger charge is -2.01. The first-order valence-electron chi connectivity index (χ1n) is 3.86. The van der Waals surface area contributed by atoms with Crippen LogP contribution in [0.1, 0.15) is 13.3 Å². The number of hydrogen-bond donors (Lipinski definition) is 1. The van der Waals surface area contributed by atoms with E-state index in [4.69, 9.17) is 5.11 Å². The molecule has 0 amide bonds. The van der Waals surface area contributed by atoms with Gasteiger partial charge in [-0.2, -0.15) is 0 Å². The Morgan fingerprint density at radius 2 is 2.42 bits per heavy atom. The molecule has 0 aliphatic carbocycles. The van der Waals surface area contributed by atoms with Crippen LogP contribution in [-0.4, -0.2) is 26.9 Å². The highest BCUT2D eigenvalue weighted by molar-refractivity contribution is 7.99. The van der Waals surface area contributed by atoms with Crippen molar-refractivity contribution in [2.75, 3.05) is 5.75 Å². The minimum absolute atomic E-state index is 0.228. The summed E-state index contributed by atoms with van der Waals surface area (Å²) < 4.78 is 0. The molecular formula is C8H12N2OS. The molecule has 0 fully saturated rings. The Morgan fingerprint density at radius 1 is 1.58 bits per heavy atom. The molecule has 1 aromatic rings. The second-order valence-electron chi connectivity index (χ2n) is 2.53. The number of thioether (sulfide) groups is 1. The third-order valence-corrected chi connectivity index (χ3v) is 2.27. The van der Waals surface area contributed by atoms with Gasteiger partial charge in [0.15, 0.2) is 0 Å². The van der Waals surface area contributed by atoms with E-state index in [2.05, 4.69) is 9.97 Å². The van der Waals surface area contributed by atoms with Crippen molar-refractivity contribution in [3.8, 4) is 0 Å². The molecule has 0 aliphatic heterocycles. The van der Waals surface area contributed by atoms with Gasteiger partial charge in [0.05, 0.1) is 12.3 Å². The summed E-state index contributed by atoms with van der Waals surface area (Å²) >= 11 is 1.62. The van der Waals surface area contributed by atoms with Gasteiger partial charge in [0.1, 0.15) is 5.03 Å². The van der Waals surface area contributed by atoms with E-state index in [0.29, 0.717) is 0 Å². The maximum absolute atomic E-state index is 8.98. The molecule has 1 atom stereocenters. The van der Waals surface area contributed by atoms with Crippen LogP contribution in [0, 0.1) is 0 Å². The summed E-state index contributed by atoms with van der Waals surface area (Å²) in [6, 6.07) is 0. The summed E-state index contributed by atoms with van der Waals surface area (Å²) in [4.78, 5) is 8.03. The first kappa shape index (κ1) is 9.48. The van der Waals surface area contributed by atoms with Crippen molar-refractivity contribution in [1.29, 1.82) is 0 Å². The third kappa shape index (κ3) is 3.69. The molecule has 1 heterocycles. The molecule has 0 aliphatic rings. The molecule has 0 saturated heterocycles. The summed E-state index contributed by atoms with van der Waals surface area (Å²) in [5.74, 6) is 0.885. The zero-order valence-electron chi connectivity index (χ0n) is 6.97. The van der Waals surface area contributed by atoms with Crippen molar-refractivity contribution in [3.05, 3.63) is 18.6 Å². The molecule has 0 saturated carbocycles. The summed E-state index contributed by atoms with van der Waals surface area (Å²) in [6.07, 6.45) is 5.62. The van der Waals surface area contributed by atoms with Gasteiger partial charge in [-0.25, -0.2) is 4.98 Å². The SMILES string of the molecule is CC(O)CCSc1cnccn1. The number of aliphatic hydroxyl groups is 1. The Hall–Kier alpha value is -0.610. The van der Waals surface area contributed by atoms with Crippen LogP contribution >= 0.6 is 11.8 Å². The third-order valence-electron chi connectivity index (χ3n) is 1.33. The average Bonchev–Trinajstić information content (AvgIpc) is 2.05. The first-order valence-corrected chi connectivity index (χ1v) is 4.84. The van der Waals surface area contributed by atoms with Crippen LogP contribution in [0.3, 0.4) is 0 Å². The maximum atomic E-state index is 8.98. The number of nitrogens with zero attached hydrogens (tertiary/aromatic N) is 2. The molecule has 1 aromatic heterocycles. The Bertz CT molecular complexity index is 216. The predicted molar refractivity (Wildman–Crippen MR) is 49.1 cm³/mol. The normalized spacial score (nSPS) is 12.8. The van der Waals surface area contributed by atoms with Gasteiger partial charge in [0, 0.05) is 18.1 Å². The van der Waals surface area contributed by atoms with Crippen LogP contribution in [0.2, 0.25) is 0 Å². The summed E-state index contributed by atoms with van der Waals surface area (Å²) in [5.41, 5.74) is 0. The molecule has 1 N–H and O–H groups in total. The van der Waals surface area contributed by atoms with Crippen molar-refractivity contribution in [1.82, 2.24) is 9.97 Å². The number of rotatable bonds is 4. The van der Waals surface area contributed by atoms with Crippen LogP contribution in [0.15, 0.2) is 23.6 Å². The lowest BCUT2D eigenvalue weighted by atomic mass is 10.3. The van der Waals surface area contributed by atoms with Crippen LogP contribution in [0.5, 0.6) is 0 Å². The molecule has 1 unspecified atom stereocenters. The van der Waals surface area contributed by atoms with Gasteiger partial charge in [-0.05, 0) is 13.3 Å². The van der Waals surface area contributed by atoms with Crippen molar-refractivity contribution >= 4 is 11.8 Å². The van der Waals surface area contributed by atoms with Crippen LogP contribution < -0.4 is 0 Å². The highest BCUT2D eigenvalue weighted by Gasteiger charge is 1.97. The van der Waals surface area contributed by atoms with E-state index >= 15 is 0 Å². The summed E-state index contributed by atoms with van der Waals surface area (Å²) in [5, 5.41) is 9.90. The fourth-order valence-corrected chi connectivity index (χ4v) is 1.63. The van der Waals surface area contributed by atoms with Gasteiger partial charge >= 0.3 is 0 Å². The molecule has 66 valence electrons. The monoisotopic (exact) mass is 184 g/mol. The first-order chi connectivity index (χ1) is 5.79. The number of aromatic nitrogens is 2. The molecule has 0 spiro atoms. The quantitative estimate of drug-likeness (QED) is 0.717. The van der Waals surface area contributed by atoms with Gasteiger partial charge in [0.25, 0.3) is 0 Å². The minimum atomic E-state index is -0.228. The van der Waals surface area contributed by atoms with E-state index in [-0.39, 0.29) is 6.10 Å². The Morgan fingerprint density at radius 3 is 3.00 bits per heavy atom. The van der Waals surface area contributed by atoms with Gasteiger partial charge in [-0.1, -0.05) is 0 Å². The highest BCUT2D eigenvalue weighted by atomic mass is 32.2. The smallest absolute Gasteiger partial charge is 0.114 e. The van der Waals surface area contributed by atoms with Gasteiger partial charge < -0.3 is 5.11 Å². The Balaban J connectivity index is 2.25. The molecular weight excluding hydrogens is 172 g/mol. The average molecular weight is 184 g/mol. The van der Waals surface area contributed by atoms with Crippen molar-refractivity contribution in [3.63, 3.8) is 0 Å². The van der Waals surface area contributed by atoms with E-state index in [1.165, 1.54) is 0 Å². The molecule has 12 heavy (non-hydrogen) atoms. The second kappa shape index (κ2) is 5.11. The molecule has 4 heteroatoms. The van der Waals surface area contributed by atoms with Crippen molar-refractivity contribution in [2.45, 2.75) is 24.5 Å². The van der Waals surface area contributed by atoms with E-state index in [9.17, 15) is 0 Å². The lowest BCUT2D eigenvalue weighted by molar-refractivity contribution is 0.192. The highest BCUT2D eigenvalue weighted by Crippen LogP contribution is 2.14. The fourth-order valence-electron chi connectivity index (χ4n) is 0.694. The predicted octanol–water partition coefficient (Wildman–Crippen LogP) is 1.34. The summed E-state index contributed by atoms with van der Waals surface area (Å²) in [6.45, 7) is 1.79. The molecule has 0 aromatic carbocycles. The van der Waals surface area contributed by atoms with E-state index in [1.54, 1.807) is 37.3 Å². The molecule has 0 radical (unpaired) electrons. The van der Waals surface area contributed by atoms with Gasteiger partial charge in [-0.3, -0.25) is 4.98 Å². The largest absolute Gasteiger partial charge is 0.393 e. The van der Waals surface area contributed by atoms with E-state index in [1.807, 2.05) is 0 Å². The summed E-state index contributed by atoms with van der Waals surface area (Å²) in [7, 11) is 0. The number of aliphatic hydroxyl groups excluding tert-OH is 1. The van der Waals surface area contributed by atoms with Crippen molar-refractivity contribution in [2.24, 2.45) is 0 Å². The van der Waals surface area contributed by atoms with E-state index < -0.39 is 0 Å². The zero-order chi connectivity index (χ0) is 8.81. The number of hydrogen-bond acceptors (Lipinski definition) is 4. The van der Waals surface area contributed by atoms with Gasteiger partial charge in [0.2, 0.25) is 0 Å². The standard InChI is InChI=1S/C8H12N2OS/c1-7(11)2-5-12-8-6-9-3-4-10-8/h3-4,6-7,11H,2,5H2,1H3. The zero-order valence-corrected chi connectivity index (χ0v) is 7.79. The second-order valence-corrected chi connectivity index (χ2v) is 3.65. The topological polar surface area (TPSA) is 46.0 Å². The molecule has 0 bridgehead atoms. The lowest BCUT2D eigenvalue weighted by Crippen LogP contribution is -2.00. The minimum Gasteiger partial charge on any atom is -0.393 e.